The first-order valence-electron chi connectivity index (χ1n) is 3.93. The molecule has 1 saturated carbocycles. The molecule has 0 saturated heterocycles. The topological polar surface area (TPSA) is 38.9 Å². The van der Waals surface area contributed by atoms with Gasteiger partial charge in [0.2, 0.25) is 0 Å². The molecule has 2 unspecified atom stereocenters. The highest BCUT2D eigenvalue weighted by atomic mass is 14.9. The molecule has 2 N–H and O–H groups in total. The van der Waals surface area contributed by atoms with Crippen molar-refractivity contribution < 1.29 is 0 Å². The normalized spacial score (nSPS) is 35.3. The third-order valence-corrected chi connectivity index (χ3v) is 2.58. The summed E-state index contributed by atoms with van der Waals surface area (Å²) in [7, 11) is 0. The lowest BCUT2D eigenvalue weighted by molar-refractivity contribution is 0.663. The number of hydrogen-bond donors (Lipinski definition) is 1. The van der Waals surface area contributed by atoms with Crippen LogP contribution in [-0.2, 0) is 5.54 Å². The van der Waals surface area contributed by atoms with Gasteiger partial charge in [0.1, 0.15) is 0 Å². The summed E-state index contributed by atoms with van der Waals surface area (Å²) in [6.07, 6.45) is 4.71. The van der Waals surface area contributed by atoms with Crippen LogP contribution in [0.5, 0.6) is 0 Å². The van der Waals surface area contributed by atoms with E-state index in [4.69, 9.17) is 5.73 Å². The first kappa shape index (κ1) is 6.80. The fourth-order valence-corrected chi connectivity index (χ4v) is 1.51. The summed E-state index contributed by atoms with van der Waals surface area (Å²) in [6, 6.07) is 4.01. The zero-order chi connectivity index (χ0) is 7.90. The van der Waals surface area contributed by atoms with Gasteiger partial charge in [-0.2, -0.15) is 0 Å². The zero-order valence-corrected chi connectivity index (χ0v) is 6.62. The van der Waals surface area contributed by atoms with Crippen molar-refractivity contribution in [3.8, 4) is 0 Å². The van der Waals surface area contributed by atoms with Crippen LogP contribution in [0.2, 0.25) is 0 Å². The Morgan fingerprint density at radius 3 is 2.55 bits per heavy atom. The average Bonchev–Trinajstić information content (AvgIpc) is 2.64. The van der Waals surface area contributed by atoms with Gasteiger partial charge in [0.25, 0.3) is 0 Å². The molecule has 1 aliphatic rings. The van der Waals surface area contributed by atoms with Crippen LogP contribution in [0.3, 0.4) is 0 Å². The SMILES string of the molecule is CC1CC1(N)c1ccncc1. The smallest absolute Gasteiger partial charge is 0.0440 e. The van der Waals surface area contributed by atoms with Crippen LogP contribution in [0.25, 0.3) is 0 Å². The van der Waals surface area contributed by atoms with Crippen LogP contribution in [-0.4, -0.2) is 4.98 Å². The number of nitrogens with two attached hydrogens (primary N) is 1. The Hall–Kier alpha value is -0.890. The Morgan fingerprint density at radius 2 is 2.09 bits per heavy atom. The molecule has 0 aromatic carbocycles. The minimum absolute atomic E-state index is 0.0387. The van der Waals surface area contributed by atoms with Crippen LogP contribution in [0.1, 0.15) is 18.9 Å². The molecule has 2 atom stereocenters. The molecule has 1 aromatic rings. The minimum Gasteiger partial charge on any atom is -0.321 e. The van der Waals surface area contributed by atoms with Crippen molar-refractivity contribution in [3.05, 3.63) is 30.1 Å². The number of hydrogen-bond acceptors (Lipinski definition) is 2. The minimum atomic E-state index is -0.0387. The molecule has 1 aromatic heterocycles. The van der Waals surface area contributed by atoms with Crippen molar-refractivity contribution in [1.82, 2.24) is 4.98 Å². The molecule has 1 heterocycles. The monoisotopic (exact) mass is 148 g/mol. The summed E-state index contributed by atoms with van der Waals surface area (Å²) in [5, 5.41) is 0. The lowest BCUT2D eigenvalue weighted by Gasteiger charge is -2.08. The first-order valence-corrected chi connectivity index (χ1v) is 3.93. The molecule has 0 spiro atoms. The maximum Gasteiger partial charge on any atom is 0.0440 e. The van der Waals surface area contributed by atoms with E-state index in [0.29, 0.717) is 5.92 Å². The largest absolute Gasteiger partial charge is 0.321 e. The second kappa shape index (κ2) is 2.05. The Bertz CT molecular complexity index is 258. The van der Waals surface area contributed by atoms with E-state index in [1.165, 1.54) is 5.56 Å². The van der Waals surface area contributed by atoms with Crippen LogP contribution in [0.15, 0.2) is 24.5 Å². The first-order chi connectivity index (χ1) is 5.23. The molecule has 2 rings (SSSR count). The quantitative estimate of drug-likeness (QED) is 0.651. The highest BCUT2D eigenvalue weighted by Gasteiger charge is 2.48. The zero-order valence-electron chi connectivity index (χ0n) is 6.62. The Morgan fingerprint density at radius 1 is 1.55 bits per heavy atom. The maximum atomic E-state index is 6.08. The number of pyridine rings is 1. The second-order valence-electron chi connectivity index (χ2n) is 3.38. The standard InChI is InChI=1S/C9H12N2/c1-7-6-9(7,10)8-2-4-11-5-3-8/h2-5,7H,6,10H2,1H3. The third-order valence-electron chi connectivity index (χ3n) is 2.58. The van der Waals surface area contributed by atoms with Gasteiger partial charge in [-0.15, -0.1) is 0 Å². The van der Waals surface area contributed by atoms with E-state index in [1.54, 1.807) is 12.4 Å². The summed E-state index contributed by atoms with van der Waals surface area (Å²) in [5.74, 6) is 0.630. The lowest BCUT2D eigenvalue weighted by Crippen LogP contribution is -2.21. The van der Waals surface area contributed by atoms with Gasteiger partial charge in [0.15, 0.2) is 0 Å². The van der Waals surface area contributed by atoms with Gasteiger partial charge >= 0.3 is 0 Å². The molecule has 1 aliphatic carbocycles. The van der Waals surface area contributed by atoms with Crippen LogP contribution < -0.4 is 5.73 Å². The van der Waals surface area contributed by atoms with Crippen molar-refractivity contribution in [2.45, 2.75) is 18.9 Å². The van der Waals surface area contributed by atoms with Gasteiger partial charge in [-0.1, -0.05) is 6.92 Å². The molecule has 0 bridgehead atoms. The van der Waals surface area contributed by atoms with Crippen LogP contribution >= 0.6 is 0 Å². The Labute approximate surface area is 66.4 Å². The van der Waals surface area contributed by atoms with Crippen molar-refractivity contribution in [1.29, 1.82) is 0 Å². The summed E-state index contributed by atoms with van der Waals surface area (Å²) < 4.78 is 0. The summed E-state index contributed by atoms with van der Waals surface area (Å²) in [5.41, 5.74) is 7.27. The van der Waals surface area contributed by atoms with E-state index in [9.17, 15) is 0 Å². The molecule has 58 valence electrons. The van der Waals surface area contributed by atoms with Crippen LogP contribution in [0.4, 0.5) is 0 Å². The highest BCUT2D eigenvalue weighted by Crippen LogP contribution is 2.48. The van der Waals surface area contributed by atoms with E-state index in [0.717, 1.165) is 6.42 Å². The van der Waals surface area contributed by atoms with Crippen LogP contribution in [0, 0.1) is 5.92 Å². The van der Waals surface area contributed by atoms with E-state index >= 15 is 0 Å². The van der Waals surface area contributed by atoms with Crippen molar-refractivity contribution in [2.75, 3.05) is 0 Å². The lowest BCUT2D eigenvalue weighted by atomic mass is 10.1. The van der Waals surface area contributed by atoms with E-state index in [1.807, 2.05) is 12.1 Å². The molecular formula is C9H12N2. The molecule has 2 heteroatoms. The van der Waals surface area contributed by atoms with Gasteiger partial charge in [-0.25, -0.2) is 0 Å². The summed E-state index contributed by atoms with van der Waals surface area (Å²) in [6.45, 7) is 2.18. The fraction of sp³-hybridized carbons (Fsp3) is 0.444. The van der Waals surface area contributed by atoms with Gasteiger partial charge in [-0.05, 0) is 30.0 Å². The molecule has 1 fully saturated rings. The van der Waals surface area contributed by atoms with Crippen molar-refractivity contribution in [2.24, 2.45) is 11.7 Å². The van der Waals surface area contributed by atoms with E-state index in [-0.39, 0.29) is 5.54 Å². The maximum absolute atomic E-state index is 6.08. The van der Waals surface area contributed by atoms with Gasteiger partial charge < -0.3 is 5.73 Å². The third kappa shape index (κ3) is 0.942. The Kier molecular flexibility index (Phi) is 1.26. The Balaban J connectivity index is 2.32. The fourth-order valence-electron chi connectivity index (χ4n) is 1.51. The number of rotatable bonds is 1. The second-order valence-corrected chi connectivity index (χ2v) is 3.38. The molecule has 0 radical (unpaired) electrons. The molecular weight excluding hydrogens is 136 g/mol. The van der Waals surface area contributed by atoms with Gasteiger partial charge in [-0.3, -0.25) is 4.98 Å². The molecule has 0 amide bonds. The molecule has 11 heavy (non-hydrogen) atoms. The van der Waals surface area contributed by atoms with E-state index < -0.39 is 0 Å². The predicted molar refractivity (Wildman–Crippen MR) is 43.9 cm³/mol. The van der Waals surface area contributed by atoms with Crippen molar-refractivity contribution in [3.63, 3.8) is 0 Å². The van der Waals surface area contributed by atoms with Gasteiger partial charge in [0.05, 0.1) is 0 Å². The van der Waals surface area contributed by atoms with E-state index in [2.05, 4.69) is 11.9 Å². The van der Waals surface area contributed by atoms with Gasteiger partial charge in [0, 0.05) is 17.9 Å². The summed E-state index contributed by atoms with van der Waals surface area (Å²) in [4.78, 5) is 3.96. The molecule has 0 aliphatic heterocycles. The predicted octanol–water partition coefficient (Wildman–Crippen LogP) is 1.28. The molecule has 2 nitrogen and oxygen atoms in total. The van der Waals surface area contributed by atoms with Crippen molar-refractivity contribution >= 4 is 0 Å². The highest BCUT2D eigenvalue weighted by molar-refractivity contribution is 5.29. The number of nitrogens with zero attached hydrogens (tertiary/aromatic N) is 1. The summed E-state index contributed by atoms with van der Waals surface area (Å²) >= 11 is 0. The average molecular weight is 148 g/mol. The number of aromatic nitrogens is 1.